The molecule has 0 saturated heterocycles. The smallest absolute Gasteiger partial charge is 0.330 e. The number of hydrogen-bond donors (Lipinski definition) is 1. The Morgan fingerprint density at radius 3 is 1.68 bits per heavy atom. The van der Waals surface area contributed by atoms with Crippen molar-refractivity contribution in [1.82, 2.24) is 0 Å². The summed E-state index contributed by atoms with van der Waals surface area (Å²) in [5, 5.41) is 0. The average molecular weight is 369 g/mol. The van der Waals surface area contributed by atoms with Crippen molar-refractivity contribution in [1.29, 1.82) is 0 Å². The summed E-state index contributed by atoms with van der Waals surface area (Å²) < 4.78 is 76.9. The Bertz CT molecular complexity index is 507. The van der Waals surface area contributed by atoms with Gasteiger partial charge in [-0.15, -0.1) is 0 Å². The molecular formula is C18H25F6N. The van der Waals surface area contributed by atoms with E-state index in [0.29, 0.717) is 13.0 Å². The Labute approximate surface area is 144 Å². The van der Waals surface area contributed by atoms with Crippen LogP contribution in [0.1, 0.15) is 68.1 Å². The van der Waals surface area contributed by atoms with Crippen LogP contribution in [0.3, 0.4) is 0 Å². The van der Waals surface area contributed by atoms with Crippen molar-refractivity contribution < 1.29 is 26.3 Å². The first-order valence-corrected chi connectivity index (χ1v) is 8.63. The molecule has 1 nitrogen and oxygen atoms in total. The van der Waals surface area contributed by atoms with E-state index in [0.717, 1.165) is 57.1 Å². The maximum Gasteiger partial charge on any atom is 0.416 e. The average Bonchev–Trinajstić information content (AvgIpc) is 2.51. The molecule has 0 saturated carbocycles. The van der Waals surface area contributed by atoms with Gasteiger partial charge in [-0.2, -0.15) is 26.3 Å². The lowest BCUT2D eigenvalue weighted by molar-refractivity contribution is -0.143. The minimum absolute atomic E-state index is 0.0663. The van der Waals surface area contributed by atoms with Gasteiger partial charge in [0.15, 0.2) is 0 Å². The Kier molecular flexibility index (Phi) is 8.76. The number of halogens is 6. The summed E-state index contributed by atoms with van der Waals surface area (Å²) in [6.45, 7) is 0.689. The fourth-order valence-electron chi connectivity index (χ4n) is 2.76. The van der Waals surface area contributed by atoms with Crippen LogP contribution in [0.2, 0.25) is 0 Å². The zero-order valence-electron chi connectivity index (χ0n) is 14.1. The van der Waals surface area contributed by atoms with Crippen molar-refractivity contribution in [3.05, 3.63) is 34.9 Å². The minimum atomic E-state index is -4.78. The van der Waals surface area contributed by atoms with Gasteiger partial charge in [0.25, 0.3) is 0 Å². The summed E-state index contributed by atoms with van der Waals surface area (Å²) >= 11 is 0. The van der Waals surface area contributed by atoms with E-state index in [-0.39, 0.29) is 18.1 Å². The number of nitrogens with two attached hydrogens (primary N) is 1. The zero-order chi connectivity index (χ0) is 18.9. The van der Waals surface area contributed by atoms with Crippen molar-refractivity contribution >= 4 is 0 Å². The highest BCUT2D eigenvalue weighted by Crippen LogP contribution is 2.37. The fraction of sp³-hybridized carbons (Fsp3) is 0.667. The predicted octanol–water partition coefficient (Wildman–Crippen LogP) is 6.35. The van der Waals surface area contributed by atoms with Crippen LogP contribution in [0.4, 0.5) is 26.3 Å². The third-order valence-corrected chi connectivity index (χ3v) is 4.14. The lowest BCUT2D eigenvalue weighted by Gasteiger charge is -2.16. The van der Waals surface area contributed by atoms with Crippen LogP contribution in [0.25, 0.3) is 0 Å². The standard InChI is InChI=1S/C18H25F6N/c19-17(20,21)15-11-10-14(16(13-15)18(22,23)24)9-7-5-3-1-2-4-6-8-12-25/h10-11,13H,1-9,12,25H2. The lowest BCUT2D eigenvalue weighted by atomic mass is 9.97. The van der Waals surface area contributed by atoms with Gasteiger partial charge in [0.2, 0.25) is 0 Å². The second kappa shape index (κ2) is 10.0. The van der Waals surface area contributed by atoms with Gasteiger partial charge in [0.05, 0.1) is 11.1 Å². The van der Waals surface area contributed by atoms with Crippen molar-refractivity contribution in [2.24, 2.45) is 5.73 Å². The van der Waals surface area contributed by atoms with Crippen LogP contribution < -0.4 is 5.73 Å². The molecule has 7 heteroatoms. The predicted molar refractivity (Wildman–Crippen MR) is 86.1 cm³/mol. The van der Waals surface area contributed by atoms with Crippen LogP contribution in [0.5, 0.6) is 0 Å². The molecule has 0 fully saturated rings. The summed E-state index contributed by atoms with van der Waals surface area (Å²) in [7, 11) is 0. The summed E-state index contributed by atoms with van der Waals surface area (Å²) in [6, 6.07) is 1.90. The molecular weight excluding hydrogens is 344 g/mol. The molecule has 0 aliphatic heterocycles. The van der Waals surface area contributed by atoms with Gasteiger partial charge in [-0.1, -0.05) is 44.6 Å². The molecule has 0 unspecified atom stereocenters. The summed E-state index contributed by atoms with van der Waals surface area (Å²) in [4.78, 5) is 0. The van der Waals surface area contributed by atoms with E-state index in [1.807, 2.05) is 0 Å². The molecule has 144 valence electrons. The number of benzene rings is 1. The first-order valence-electron chi connectivity index (χ1n) is 8.63. The summed E-state index contributed by atoms with van der Waals surface area (Å²) in [5.41, 5.74) is 2.89. The molecule has 1 rings (SSSR count). The number of alkyl halides is 6. The third kappa shape index (κ3) is 8.12. The van der Waals surface area contributed by atoms with Gasteiger partial charge < -0.3 is 5.73 Å². The second-order valence-corrected chi connectivity index (χ2v) is 6.23. The minimum Gasteiger partial charge on any atom is -0.330 e. The summed E-state index contributed by atoms with van der Waals surface area (Å²) in [5.74, 6) is 0. The number of unbranched alkanes of at least 4 members (excludes halogenated alkanes) is 7. The van der Waals surface area contributed by atoms with Crippen molar-refractivity contribution in [2.75, 3.05) is 6.54 Å². The van der Waals surface area contributed by atoms with Gasteiger partial charge in [0.1, 0.15) is 0 Å². The van der Waals surface area contributed by atoms with Crippen molar-refractivity contribution in [3.63, 3.8) is 0 Å². The van der Waals surface area contributed by atoms with Gasteiger partial charge in [-0.05, 0) is 43.5 Å². The number of aryl methyl sites for hydroxylation is 1. The molecule has 0 bridgehead atoms. The quantitative estimate of drug-likeness (QED) is 0.378. The molecule has 1 aromatic carbocycles. The molecule has 0 spiro atoms. The molecule has 0 heterocycles. The van der Waals surface area contributed by atoms with Crippen LogP contribution >= 0.6 is 0 Å². The Balaban J connectivity index is 2.50. The van der Waals surface area contributed by atoms with Gasteiger partial charge in [-0.3, -0.25) is 0 Å². The molecule has 1 aromatic rings. The Morgan fingerprint density at radius 2 is 1.20 bits per heavy atom. The van der Waals surface area contributed by atoms with E-state index in [9.17, 15) is 26.3 Å². The monoisotopic (exact) mass is 369 g/mol. The second-order valence-electron chi connectivity index (χ2n) is 6.23. The Morgan fingerprint density at radius 1 is 0.680 bits per heavy atom. The van der Waals surface area contributed by atoms with E-state index < -0.39 is 23.5 Å². The normalized spacial score (nSPS) is 12.6. The van der Waals surface area contributed by atoms with Crippen molar-refractivity contribution in [2.45, 2.75) is 70.1 Å². The van der Waals surface area contributed by atoms with Crippen LogP contribution in [-0.2, 0) is 18.8 Å². The highest BCUT2D eigenvalue weighted by Gasteiger charge is 2.37. The number of rotatable bonds is 10. The molecule has 0 radical (unpaired) electrons. The SMILES string of the molecule is NCCCCCCCCCCc1ccc(C(F)(F)F)cc1C(F)(F)F. The molecule has 0 amide bonds. The largest absolute Gasteiger partial charge is 0.416 e. The fourth-order valence-corrected chi connectivity index (χ4v) is 2.76. The van der Waals surface area contributed by atoms with Gasteiger partial charge in [-0.25, -0.2) is 0 Å². The highest BCUT2D eigenvalue weighted by molar-refractivity contribution is 5.35. The van der Waals surface area contributed by atoms with Gasteiger partial charge in [0, 0.05) is 0 Å². The number of hydrogen-bond acceptors (Lipinski definition) is 1. The lowest BCUT2D eigenvalue weighted by Crippen LogP contribution is -2.13. The zero-order valence-corrected chi connectivity index (χ0v) is 14.1. The van der Waals surface area contributed by atoms with E-state index in [1.165, 1.54) is 0 Å². The van der Waals surface area contributed by atoms with E-state index >= 15 is 0 Å². The maximum absolute atomic E-state index is 13.0. The molecule has 2 N–H and O–H groups in total. The van der Waals surface area contributed by atoms with Crippen molar-refractivity contribution in [3.8, 4) is 0 Å². The molecule has 0 atom stereocenters. The van der Waals surface area contributed by atoms with Gasteiger partial charge >= 0.3 is 12.4 Å². The first kappa shape index (κ1) is 21.8. The molecule has 0 aromatic heterocycles. The Hall–Kier alpha value is -1.24. The first-order chi connectivity index (χ1) is 11.7. The highest BCUT2D eigenvalue weighted by atomic mass is 19.4. The van der Waals surface area contributed by atoms with E-state index in [4.69, 9.17) is 5.73 Å². The van der Waals surface area contributed by atoms with Crippen LogP contribution in [-0.4, -0.2) is 6.54 Å². The topological polar surface area (TPSA) is 26.0 Å². The molecule has 0 aliphatic carbocycles. The van der Waals surface area contributed by atoms with Crippen LogP contribution in [0, 0.1) is 0 Å². The van der Waals surface area contributed by atoms with E-state index in [2.05, 4.69) is 0 Å². The van der Waals surface area contributed by atoms with Crippen LogP contribution in [0.15, 0.2) is 18.2 Å². The third-order valence-electron chi connectivity index (χ3n) is 4.14. The maximum atomic E-state index is 13.0. The molecule has 25 heavy (non-hydrogen) atoms. The summed E-state index contributed by atoms with van der Waals surface area (Å²) in [6.07, 6.45) is -1.88. The molecule has 0 aliphatic rings. The van der Waals surface area contributed by atoms with E-state index in [1.54, 1.807) is 0 Å².